The van der Waals surface area contributed by atoms with Crippen LogP contribution in [-0.2, 0) is 20.7 Å². The standard InChI is InChI=1S/C26H32N4O4S/c1-16-18(3)35-25-22(16)23(28-15-29-25)30-13-10-20(11-14-30)26(32)34-17(2)24(31)27-12-9-19-5-7-21(33-4)8-6-19/h5-8,15,17,20H,9-14H2,1-4H3,(H,27,31). The molecule has 1 aliphatic rings. The number of anilines is 1. The van der Waals surface area contributed by atoms with Gasteiger partial charge in [-0.25, -0.2) is 9.97 Å². The van der Waals surface area contributed by atoms with Crippen LogP contribution in [0.2, 0.25) is 0 Å². The SMILES string of the molecule is COc1ccc(CCNC(=O)C(C)OC(=O)C2CCN(c3ncnc4sc(C)c(C)c34)CC2)cc1. The molecule has 35 heavy (non-hydrogen) atoms. The topological polar surface area (TPSA) is 93.6 Å². The fourth-order valence-corrected chi connectivity index (χ4v) is 5.31. The summed E-state index contributed by atoms with van der Waals surface area (Å²) < 4.78 is 10.7. The van der Waals surface area contributed by atoms with Gasteiger partial charge in [0.15, 0.2) is 6.10 Å². The number of fused-ring (bicyclic) bond motifs is 1. The minimum absolute atomic E-state index is 0.219. The molecule has 1 unspecified atom stereocenters. The first-order chi connectivity index (χ1) is 16.9. The first kappa shape index (κ1) is 24.9. The maximum absolute atomic E-state index is 12.7. The molecule has 186 valence electrons. The quantitative estimate of drug-likeness (QED) is 0.474. The van der Waals surface area contributed by atoms with E-state index in [-0.39, 0.29) is 17.8 Å². The van der Waals surface area contributed by atoms with Crippen LogP contribution in [0.3, 0.4) is 0 Å². The number of thiophene rings is 1. The van der Waals surface area contributed by atoms with E-state index in [1.807, 2.05) is 24.3 Å². The zero-order chi connectivity index (χ0) is 24.9. The van der Waals surface area contributed by atoms with Gasteiger partial charge in [-0.3, -0.25) is 9.59 Å². The van der Waals surface area contributed by atoms with Crippen molar-refractivity contribution in [1.82, 2.24) is 15.3 Å². The second-order valence-corrected chi connectivity index (χ2v) is 10.1. The summed E-state index contributed by atoms with van der Waals surface area (Å²) in [6.07, 6.45) is 2.81. The minimum Gasteiger partial charge on any atom is -0.497 e. The summed E-state index contributed by atoms with van der Waals surface area (Å²) in [5.74, 6) is 0.927. The number of esters is 1. The van der Waals surface area contributed by atoms with Gasteiger partial charge in [0.25, 0.3) is 5.91 Å². The maximum atomic E-state index is 12.7. The molecule has 1 atom stereocenters. The smallest absolute Gasteiger partial charge is 0.309 e. The Morgan fingerprint density at radius 2 is 1.89 bits per heavy atom. The highest BCUT2D eigenvalue weighted by molar-refractivity contribution is 7.18. The first-order valence-corrected chi connectivity index (χ1v) is 12.8. The Morgan fingerprint density at radius 1 is 1.17 bits per heavy atom. The number of aromatic nitrogens is 2. The van der Waals surface area contributed by atoms with E-state index in [1.54, 1.807) is 31.7 Å². The molecule has 1 saturated heterocycles. The van der Waals surface area contributed by atoms with E-state index in [9.17, 15) is 9.59 Å². The normalized spacial score (nSPS) is 15.1. The summed E-state index contributed by atoms with van der Waals surface area (Å²) in [4.78, 5) is 38.6. The molecule has 4 rings (SSSR count). The predicted octanol–water partition coefficient (Wildman–Crippen LogP) is 3.82. The summed E-state index contributed by atoms with van der Waals surface area (Å²) in [6, 6.07) is 7.72. The molecule has 1 N–H and O–H groups in total. The highest BCUT2D eigenvalue weighted by Gasteiger charge is 2.30. The van der Waals surface area contributed by atoms with Crippen molar-refractivity contribution in [3.63, 3.8) is 0 Å². The lowest BCUT2D eigenvalue weighted by atomic mass is 9.96. The van der Waals surface area contributed by atoms with Gasteiger partial charge in [0.2, 0.25) is 0 Å². The second-order valence-electron chi connectivity index (χ2n) is 8.89. The Morgan fingerprint density at radius 3 is 2.57 bits per heavy atom. The number of nitrogens with one attached hydrogen (secondary N) is 1. The average Bonchev–Trinajstić information content (AvgIpc) is 3.17. The molecular weight excluding hydrogens is 464 g/mol. The van der Waals surface area contributed by atoms with Gasteiger partial charge < -0.3 is 19.7 Å². The van der Waals surface area contributed by atoms with Gasteiger partial charge in [0.1, 0.15) is 22.7 Å². The molecule has 1 aliphatic heterocycles. The second kappa shape index (κ2) is 11.0. The van der Waals surface area contributed by atoms with Gasteiger partial charge in [-0.2, -0.15) is 0 Å². The number of nitrogens with zero attached hydrogens (tertiary/aromatic N) is 3. The number of hydrogen-bond acceptors (Lipinski definition) is 8. The molecule has 3 heterocycles. The lowest BCUT2D eigenvalue weighted by molar-refractivity contribution is -0.159. The summed E-state index contributed by atoms with van der Waals surface area (Å²) in [6.45, 7) is 7.72. The van der Waals surface area contributed by atoms with E-state index in [0.717, 1.165) is 27.3 Å². The molecule has 3 aromatic rings. The van der Waals surface area contributed by atoms with Crippen molar-refractivity contribution in [2.75, 3.05) is 31.6 Å². The number of aryl methyl sites for hydroxylation is 2. The van der Waals surface area contributed by atoms with E-state index < -0.39 is 6.10 Å². The molecular formula is C26H32N4O4S. The number of carbonyl (C=O) groups is 2. The van der Waals surface area contributed by atoms with Gasteiger partial charge >= 0.3 is 5.97 Å². The highest BCUT2D eigenvalue weighted by Crippen LogP contribution is 2.35. The first-order valence-electron chi connectivity index (χ1n) is 11.9. The number of ether oxygens (including phenoxy) is 2. The van der Waals surface area contributed by atoms with Crippen molar-refractivity contribution in [2.24, 2.45) is 5.92 Å². The molecule has 0 spiro atoms. The van der Waals surface area contributed by atoms with Crippen molar-refractivity contribution in [2.45, 2.75) is 46.1 Å². The lowest BCUT2D eigenvalue weighted by Crippen LogP contribution is -2.41. The Bertz CT molecular complexity index is 1190. The van der Waals surface area contributed by atoms with Gasteiger partial charge in [0, 0.05) is 24.5 Å². The van der Waals surface area contributed by atoms with Crippen LogP contribution >= 0.6 is 11.3 Å². The summed E-state index contributed by atoms with van der Waals surface area (Å²) in [7, 11) is 1.63. The Labute approximate surface area is 209 Å². The van der Waals surface area contributed by atoms with Gasteiger partial charge in [-0.05, 0) is 63.3 Å². The monoisotopic (exact) mass is 496 g/mol. The molecule has 0 bridgehead atoms. The van der Waals surface area contributed by atoms with Crippen molar-refractivity contribution in [3.8, 4) is 5.75 Å². The molecule has 0 saturated carbocycles. The molecule has 0 aliphatic carbocycles. The van der Waals surface area contributed by atoms with Crippen LogP contribution in [0.1, 0.15) is 35.8 Å². The highest BCUT2D eigenvalue weighted by atomic mass is 32.1. The third kappa shape index (κ3) is 5.73. The number of amides is 1. The minimum atomic E-state index is -0.825. The van der Waals surface area contributed by atoms with E-state index >= 15 is 0 Å². The predicted molar refractivity (Wildman–Crippen MR) is 137 cm³/mol. The molecule has 0 radical (unpaired) electrons. The lowest BCUT2D eigenvalue weighted by Gasteiger charge is -2.32. The van der Waals surface area contributed by atoms with Gasteiger partial charge in [-0.15, -0.1) is 11.3 Å². The van der Waals surface area contributed by atoms with Crippen molar-refractivity contribution in [1.29, 1.82) is 0 Å². The van der Waals surface area contributed by atoms with E-state index in [0.29, 0.717) is 38.9 Å². The van der Waals surface area contributed by atoms with Crippen LogP contribution in [-0.4, -0.2) is 54.7 Å². The number of rotatable bonds is 8. The maximum Gasteiger partial charge on any atom is 0.309 e. The number of hydrogen-bond donors (Lipinski definition) is 1. The van der Waals surface area contributed by atoms with Crippen LogP contribution in [0.4, 0.5) is 5.82 Å². The average molecular weight is 497 g/mol. The third-order valence-corrected chi connectivity index (χ3v) is 7.72. The van der Waals surface area contributed by atoms with Crippen molar-refractivity contribution < 1.29 is 19.1 Å². The van der Waals surface area contributed by atoms with E-state index in [2.05, 4.69) is 34.0 Å². The molecule has 9 heteroatoms. The van der Waals surface area contributed by atoms with Gasteiger partial charge in [0.05, 0.1) is 18.4 Å². The molecule has 8 nitrogen and oxygen atoms in total. The van der Waals surface area contributed by atoms with Crippen molar-refractivity contribution in [3.05, 3.63) is 46.6 Å². The Balaban J connectivity index is 1.24. The van der Waals surface area contributed by atoms with Crippen LogP contribution < -0.4 is 15.0 Å². The molecule has 1 aromatic carbocycles. The van der Waals surface area contributed by atoms with E-state index in [4.69, 9.17) is 9.47 Å². The Kier molecular flexibility index (Phi) is 7.85. The fraction of sp³-hybridized carbons (Fsp3) is 0.462. The summed E-state index contributed by atoms with van der Waals surface area (Å²) in [5, 5.41) is 3.96. The zero-order valence-corrected chi connectivity index (χ0v) is 21.5. The summed E-state index contributed by atoms with van der Waals surface area (Å²) in [5.41, 5.74) is 2.31. The molecule has 1 fully saturated rings. The largest absolute Gasteiger partial charge is 0.497 e. The Hall–Kier alpha value is -3.20. The fourth-order valence-electron chi connectivity index (χ4n) is 4.32. The summed E-state index contributed by atoms with van der Waals surface area (Å²) >= 11 is 1.68. The van der Waals surface area contributed by atoms with Crippen LogP contribution in [0, 0.1) is 19.8 Å². The molecule has 2 aromatic heterocycles. The van der Waals surface area contributed by atoms with Gasteiger partial charge in [-0.1, -0.05) is 12.1 Å². The van der Waals surface area contributed by atoms with Crippen LogP contribution in [0.25, 0.3) is 10.2 Å². The van der Waals surface area contributed by atoms with E-state index in [1.165, 1.54) is 10.4 Å². The van der Waals surface area contributed by atoms with Crippen molar-refractivity contribution >= 4 is 39.2 Å². The number of benzene rings is 1. The number of methoxy groups -OCH3 is 1. The third-order valence-electron chi connectivity index (χ3n) is 6.61. The number of carbonyl (C=O) groups excluding carboxylic acids is 2. The zero-order valence-electron chi connectivity index (χ0n) is 20.7. The molecule has 1 amide bonds. The number of piperidine rings is 1. The van der Waals surface area contributed by atoms with Crippen LogP contribution in [0.15, 0.2) is 30.6 Å². The van der Waals surface area contributed by atoms with Crippen LogP contribution in [0.5, 0.6) is 5.75 Å².